The molecule has 0 fully saturated rings. The first-order valence-electron chi connectivity index (χ1n) is 17.0. The Hall–Kier alpha value is -6.44. The van der Waals surface area contributed by atoms with Gasteiger partial charge < -0.3 is 4.57 Å². The Morgan fingerprint density at radius 3 is 1.43 bits per heavy atom. The largest absolute Gasteiger partial charge is 0.309 e. The van der Waals surface area contributed by atoms with E-state index in [1.54, 1.807) is 0 Å². The first kappa shape index (κ1) is 26.6. The zero-order chi connectivity index (χ0) is 32.1. The van der Waals surface area contributed by atoms with Crippen molar-refractivity contribution in [3.63, 3.8) is 0 Å². The highest BCUT2D eigenvalue weighted by atomic mass is 15.0. The van der Waals surface area contributed by atoms with E-state index in [4.69, 9.17) is 0 Å². The molecular formula is C48H29N. The van der Waals surface area contributed by atoms with Crippen molar-refractivity contribution >= 4 is 54.1 Å². The molecule has 0 saturated carbocycles. The second kappa shape index (κ2) is 10.0. The highest BCUT2D eigenvalue weighted by Gasteiger charge is 2.27. The standard InChI is InChI=1S/C48H29N/c1-2-13-30(14-3-1)31-27-32(29-33(28-31)49-44-23-10-8-17-37(44)38-18-9-11-24-45(38)49)34-25-26-43-46-39(34)21-12-22-42(46)47-40-19-6-4-15-35(40)36-16-5-7-20-41(36)48(43)47/h1-29H. The molecule has 11 rings (SSSR count). The van der Waals surface area contributed by atoms with Gasteiger partial charge in [0.25, 0.3) is 0 Å². The molecule has 0 aliphatic heterocycles. The van der Waals surface area contributed by atoms with Gasteiger partial charge in [-0.25, -0.2) is 0 Å². The maximum atomic E-state index is 2.44. The zero-order valence-corrected chi connectivity index (χ0v) is 26.7. The molecule has 0 spiro atoms. The SMILES string of the molecule is c1ccc(-c2cc(-c3ccc4c5c(cccc35)-c3c-4c4ccccc4c4ccccc34)cc(-n3c4ccccc4c4ccccc43)c2)cc1. The van der Waals surface area contributed by atoms with E-state index in [2.05, 4.69) is 180 Å². The lowest BCUT2D eigenvalue weighted by Gasteiger charge is -2.16. The lowest BCUT2D eigenvalue weighted by atomic mass is 9.90. The number of rotatable bonds is 3. The molecule has 0 bridgehead atoms. The fourth-order valence-electron chi connectivity index (χ4n) is 8.67. The van der Waals surface area contributed by atoms with Gasteiger partial charge in [-0.1, -0.05) is 146 Å². The number of aromatic nitrogens is 1. The summed E-state index contributed by atoms with van der Waals surface area (Å²) in [5.41, 5.74) is 13.9. The van der Waals surface area contributed by atoms with Crippen molar-refractivity contribution in [1.29, 1.82) is 0 Å². The van der Waals surface area contributed by atoms with Crippen LogP contribution in [0.3, 0.4) is 0 Å². The summed E-state index contributed by atoms with van der Waals surface area (Å²) in [7, 11) is 0. The topological polar surface area (TPSA) is 4.93 Å². The third-order valence-electron chi connectivity index (χ3n) is 10.7. The number of hydrogen-bond acceptors (Lipinski definition) is 0. The predicted molar refractivity (Wildman–Crippen MR) is 209 cm³/mol. The molecule has 49 heavy (non-hydrogen) atoms. The summed E-state index contributed by atoms with van der Waals surface area (Å²) in [6.45, 7) is 0. The Morgan fingerprint density at radius 1 is 0.286 bits per heavy atom. The summed E-state index contributed by atoms with van der Waals surface area (Å²) in [6, 6.07) is 64.9. The summed E-state index contributed by atoms with van der Waals surface area (Å²) in [4.78, 5) is 0. The highest BCUT2D eigenvalue weighted by molar-refractivity contribution is 6.31. The molecule has 0 unspecified atom stereocenters. The van der Waals surface area contributed by atoms with E-state index in [-0.39, 0.29) is 0 Å². The smallest absolute Gasteiger partial charge is 0.0541 e. The van der Waals surface area contributed by atoms with Gasteiger partial charge in [0.2, 0.25) is 0 Å². The highest BCUT2D eigenvalue weighted by Crippen LogP contribution is 2.55. The van der Waals surface area contributed by atoms with E-state index < -0.39 is 0 Å². The van der Waals surface area contributed by atoms with Crippen molar-refractivity contribution in [3.05, 3.63) is 176 Å². The first-order valence-corrected chi connectivity index (χ1v) is 17.0. The monoisotopic (exact) mass is 619 g/mol. The van der Waals surface area contributed by atoms with Gasteiger partial charge in [-0.15, -0.1) is 0 Å². The molecule has 0 amide bonds. The van der Waals surface area contributed by atoms with Gasteiger partial charge in [-0.05, 0) is 107 Å². The number of fused-ring (bicyclic) bond motifs is 11. The van der Waals surface area contributed by atoms with Crippen molar-refractivity contribution < 1.29 is 0 Å². The molecule has 1 aliphatic carbocycles. The van der Waals surface area contributed by atoms with Crippen LogP contribution in [0.15, 0.2) is 176 Å². The van der Waals surface area contributed by atoms with Gasteiger partial charge >= 0.3 is 0 Å². The molecule has 1 heteroatoms. The van der Waals surface area contributed by atoms with Crippen LogP contribution in [-0.2, 0) is 0 Å². The van der Waals surface area contributed by atoms with Gasteiger partial charge in [0, 0.05) is 16.5 Å². The summed E-state index contributed by atoms with van der Waals surface area (Å²) < 4.78 is 2.44. The maximum Gasteiger partial charge on any atom is 0.0541 e. The molecule has 0 N–H and O–H groups in total. The molecule has 9 aromatic carbocycles. The van der Waals surface area contributed by atoms with E-state index in [9.17, 15) is 0 Å². The Morgan fingerprint density at radius 2 is 0.776 bits per heavy atom. The molecule has 0 radical (unpaired) electrons. The Kier molecular flexibility index (Phi) is 5.45. The van der Waals surface area contributed by atoms with Crippen molar-refractivity contribution in [2.24, 2.45) is 0 Å². The van der Waals surface area contributed by atoms with Gasteiger partial charge in [-0.2, -0.15) is 0 Å². The van der Waals surface area contributed by atoms with Crippen LogP contribution in [0.2, 0.25) is 0 Å². The van der Waals surface area contributed by atoms with E-state index in [0.29, 0.717) is 0 Å². The average Bonchev–Trinajstić information content (AvgIpc) is 3.70. The van der Waals surface area contributed by atoms with E-state index in [0.717, 1.165) is 5.69 Å². The summed E-state index contributed by atoms with van der Waals surface area (Å²) in [5.74, 6) is 0. The van der Waals surface area contributed by atoms with Crippen molar-refractivity contribution in [2.75, 3.05) is 0 Å². The van der Waals surface area contributed by atoms with Crippen molar-refractivity contribution in [3.8, 4) is 50.2 Å². The molecule has 1 aliphatic rings. The number of para-hydroxylation sites is 2. The molecule has 0 atom stereocenters. The van der Waals surface area contributed by atoms with Crippen LogP contribution >= 0.6 is 0 Å². The summed E-state index contributed by atoms with van der Waals surface area (Å²) in [5, 5.41) is 10.4. The van der Waals surface area contributed by atoms with Crippen LogP contribution in [0.5, 0.6) is 0 Å². The molecule has 1 heterocycles. The Labute approximate surface area is 283 Å². The predicted octanol–water partition coefficient (Wildman–Crippen LogP) is 13.2. The lowest BCUT2D eigenvalue weighted by molar-refractivity contribution is 1.18. The fourth-order valence-corrected chi connectivity index (χ4v) is 8.67. The van der Waals surface area contributed by atoms with Gasteiger partial charge in [0.15, 0.2) is 0 Å². The zero-order valence-electron chi connectivity index (χ0n) is 26.7. The summed E-state index contributed by atoms with van der Waals surface area (Å²) in [6.07, 6.45) is 0. The van der Waals surface area contributed by atoms with Gasteiger partial charge in [0.05, 0.1) is 11.0 Å². The molecular weight excluding hydrogens is 591 g/mol. The summed E-state index contributed by atoms with van der Waals surface area (Å²) >= 11 is 0. The second-order valence-corrected chi connectivity index (χ2v) is 13.2. The van der Waals surface area contributed by atoms with E-state index >= 15 is 0 Å². The molecule has 0 saturated heterocycles. The van der Waals surface area contributed by atoms with Crippen molar-refractivity contribution in [2.45, 2.75) is 0 Å². The third-order valence-corrected chi connectivity index (χ3v) is 10.7. The average molecular weight is 620 g/mol. The van der Waals surface area contributed by atoms with Crippen LogP contribution < -0.4 is 0 Å². The quantitative estimate of drug-likeness (QED) is 0.173. The number of hydrogen-bond donors (Lipinski definition) is 0. The molecule has 226 valence electrons. The minimum Gasteiger partial charge on any atom is -0.309 e. The fraction of sp³-hybridized carbons (Fsp3) is 0. The second-order valence-electron chi connectivity index (χ2n) is 13.2. The van der Waals surface area contributed by atoms with Crippen LogP contribution in [-0.4, -0.2) is 4.57 Å². The Bertz CT molecular complexity index is 2860. The van der Waals surface area contributed by atoms with Crippen LogP contribution in [0.1, 0.15) is 0 Å². The Balaban J connectivity index is 1.22. The van der Waals surface area contributed by atoms with Gasteiger partial charge in [-0.3, -0.25) is 0 Å². The van der Waals surface area contributed by atoms with Crippen LogP contribution in [0.25, 0.3) is 104 Å². The van der Waals surface area contributed by atoms with Gasteiger partial charge in [0.1, 0.15) is 0 Å². The molecule has 1 nitrogen and oxygen atoms in total. The molecule has 10 aromatic rings. The minimum atomic E-state index is 1.16. The van der Waals surface area contributed by atoms with Crippen LogP contribution in [0, 0.1) is 0 Å². The third kappa shape index (κ3) is 3.70. The minimum absolute atomic E-state index is 1.16. The van der Waals surface area contributed by atoms with Crippen molar-refractivity contribution in [1.82, 2.24) is 4.57 Å². The van der Waals surface area contributed by atoms with E-state index in [1.807, 2.05) is 0 Å². The lowest BCUT2D eigenvalue weighted by Crippen LogP contribution is -1.96. The molecule has 1 aromatic heterocycles. The number of benzene rings is 9. The van der Waals surface area contributed by atoms with Crippen LogP contribution in [0.4, 0.5) is 0 Å². The number of nitrogens with zero attached hydrogens (tertiary/aromatic N) is 1. The van der Waals surface area contributed by atoms with E-state index in [1.165, 1.54) is 98.6 Å². The normalized spacial score (nSPS) is 12.1. The first-order chi connectivity index (χ1) is 24.3. The maximum absolute atomic E-state index is 2.44.